The fraction of sp³-hybridized carbons (Fsp3) is 0.471. The van der Waals surface area contributed by atoms with Crippen LogP contribution in [-0.2, 0) is 13.5 Å². The number of hydrogen-bond acceptors (Lipinski definition) is 3. The van der Waals surface area contributed by atoms with Gasteiger partial charge in [0.25, 0.3) is 5.91 Å². The molecule has 1 aliphatic rings. The molecular weight excluding hydrogens is 304 g/mol. The van der Waals surface area contributed by atoms with Crippen LogP contribution in [0.25, 0.3) is 5.65 Å². The van der Waals surface area contributed by atoms with E-state index in [4.69, 9.17) is 0 Å². The first-order chi connectivity index (χ1) is 11.7. The molecule has 24 heavy (non-hydrogen) atoms. The van der Waals surface area contributed by atoms with E-state index in [9.17, 15) is 4.79 Å². The molecule has 0 unspecified atom stereocenters. The normalized spacial score (nSPS) is 16.2. The van der Waals surface area contributed by atoms with Crippen LogP contribution in [-0.4, -0.2) is 48.3 Å². The molecule has 7 heteroatoms. The first-order valence-corrected chi connectivity index (χ1v) is 8.49. The molecule has 4 heterocycles. The third kappa shape index (κ3) is 2.31. The molecule has 1 fully saturated rings. The largest absolute Gasteiger partial charge is 0.338 e. The lowest BCUT2D eigenvalue weighted by molar-refractivity contribution is 0.0713. The van der Waals surface area contributed by atoms with Gasteiger partial charge in [0.1, 0.15) is 11.2 Å². The standard InChI is InChI=1S/C17H22N6O/c1-3-12-10-18-20-15(12)13-4-6-22(7-5-13)17(24)14-11-19-23-9-8-21(2)16(14)23/h8-11,13H,3-7H2,1-2H3,(H,18,20). The highest BCUT2D eigenvalue weighted by atomic mass is 16.2. The van der Waals surface area contributed by atoms with Gasteiger partial charge in [0, 0.05) is 44.1 Å². The Morgan fingerprint density at radius 2 is 2.08 bits per heavy atom. The number of nitrogens with zero attached hydrogens (tertiary/aromatic N) is 5. The third-order valence-electron chi connectivity index (χ3n) is 5.09. The fourth-order valence-corrected chi connectivity index (χ4v) is 3.70. The Labute approximate surface area is 140 Å². The van der Waals surface area contributed by atoms with E-state index in [-0.39, 0.29) is 5.91 Å². The highest BCUT2D eigenvalue weighted by molar-refractivity contribution is 5.99. The van der Waals surface area contributed by atoms with E-state index in [1.54, 1.807) is 10.7 Å². The van der Waals surface area contributed by atoms with Crippen molar-refractivity contribution in [3.8, 4) is 0 Å². The number of hydrogen-bond donors (Lipinski definition) is 1. The summed E-state index contributed by atoms with van der Waals surface area (Å²) in [6.45, 7) is 3.69. The molecular formula is C17H22N6O. The van der Waals surface area contributed by atoms with Crippen molar-refractivity contribution in [1.29, 1.82) is 0 Å². The van der Waals surface area contributed by atoms with Gasteiger partial charge in [0.2, 0.25) is 0 Å². The molecule has 0 radical (unpaired) electrons. The number of carbonyl (C=O) groups excluding carboxylic acids is 1. The van der Waals surface area contributed by atoms with Crippen molar-refractivity contribution in [3.63, 3.8) is 0 Å². The monoisotopic (exact) mass is 326 g/mol. The molecule has 0 bridgehead atoms. The molecule has 1 saturated heterocycles. The second-order valence-electron chi connectivity index (χ2n) is 6.46. The Morgan fingerprint density at radius 1 is 1.29 bits per heavy atom. The predicted molar refractivity (Wildman–Crippen MR) is 90.0 cm³/mol. The molecule has 126 valence electrons. The second kappa shape index (κ2) is 5.81. The number of nitrogens with one attached hydrogen (secondary N) is 1. The van der Waals surface area contributed by atoms with E-state index < -0.39 is 0 Å². The predicted octanol–water partition coefficient (Wildman–Crippen LogP) is 1.98. The first kappa shape index (κ1) is 15.0. The molecule has 0 aromatic carbocycles. The van der Waals surface area contributed by atoms with Crippen LogP contribution in [0.3, 0.4) is 0 Å². The topological polar surface area (TPSA) is 71.2 Å². The van der Waals surface area contributed by atoms with E-state index in [2.05, 4.69) is 22.2 Å². The lowest BCUT2D eigenvalue weighted by atomic mass is 9.90. The van der Waals surface area contributed by atoms with Gasteiger partial charge in [-0.3, -0.25) is 9.89 Å². The maximum absolute atomic E-state index is 12.9. The van der Waals surface area contributed by atoms with E-state index in [0.717, 1.165) is 38.0 Å². The van der Waals surface area contributed by atoms with Crippen LogP contribution in [0.4, 0.5) is 0 Å². The molecule has 0 atom stereocenters. The van der Waals surface area contributed by atoms with Gasteiger partial charge in [-0.25, -0.2) is 4.52 Å². The first-order valence-electron chi connectivity index (χ1n) is 8.49. The van der Waals surface area contributed by atoms with Gasteiger partial charge < -0.3 is 9.47 Å². The summed E-state index contributed by atoms with van der Waals surface area (Å²) >= 11 is 0. The molecule has 1 aliphatic heterocycles. The number of aryl methyl sites for hydroxylation is 2. The van der Waals surface area contributed by atoms with Crippen LogP contribution in [0, 0.1) is 0 Å². The summed E-state index contributed by atoms with van der Waals surface area (Å²) in [5.74, 6) is 0.541. The number of piperidine rings is 1. The van der Waals surface area contributed by atoms with Crippen LogP contribution >= 0.6 is 0 Å². The summed E-state index contributed by atoms with van der Waals surface area (Å²) in [7, 11) is 1.94. The molecule has 0 aliphatic carbocycles. The fourth-order valence-electron chi connectivity index (χ4n) is 3.70. The third-order valence-corrected chi connectivity index (χ3v) is 5.09. The summed E-state index contributed by atoms with van der Waals surface area (Å²) in [4.78, 5) is 14.8. The number of amides is 1. The number of carbonyl (C=O) groups is 1. The van der Waals surface area contributed by atoms with Gasteiger partial charge in [-0.05, 0) is 24.8 Å². The minimum absolute atomic E-state index is 0.0746. The van der Waals surface area contributed by atoms with E-state index >= 15 is 0 Å². The van der Waals surface area contributed by atoms with E-state index in [1.807, 2.05) is 35.1 Å². The molecule has 0 spiro atoms. The lowest BCUT2D eigenvalue weighted by Gasteiger charge is -2.31. The van der Waals surface area contributed by atoms with Crippen molar-refractivity contribution in [2.24, 2.45) is 7.05 Å². The summed E-state index contributed by atoms with van der Waals surface area (Å²) in [5, 5.41) is 11.6. The van der Waals surface area contributed by atoms with Crippen LogP contribution in [0.15, 0.2) is 24.8 Å². The average Bonchev–Trinajstić information content (AvgIpc) is 3.32. The minimum atomic E-state index is 0.0746. The van der Waals surface area contributed by atoms with Crippen molar-refractivity contribution >= 4 is 11.6 Å². The molecule has 3 aromatic rings. The number of rotatable bonds is 3. The Hall–Kier alpha value is -2.57. The van der Waals surface area contributed by atoms with Crippen molar-refractivity contribution in [1.82, 2.24) is 29.3 Å². The van der Waals surface area contributed by atoms with Gasteiger partial charge in [-0.1, -0.05) is 6.92 Å². The minimum Gasteiger partial charge on any atom is -0.338 e. The van der Waals surface area contributed by atoms with Crippen molar-refractivity contribution in [2.45, 2.75) is 32.1 Å². The number of aromatic amines is 1. The summed E-state index contributed by atoms with van der Waals surface area (Å²) in [6, 6.07) is 0. The molecule has 1 N–H and O–H groups in total. The van der Waals surface area contributed by atoms with Crippen molar-refractivity contribution in [3.05, 3.63) is 41.6 Å². The number of aromatic nitrogens is 5. The Kier molecular flexibility index (Phi) is 3.63. The van der Waals surface area contributed by atoms with Crippen LogP contribution in [0.5, 0.6) is 0 Å². The zero-order valence-electron chi connectivity index (χ0n) is 14.1. The maximum Gasteiger partial charge on any atom is 0.259 e. The molecule has 3 aromatic heterocycles. The Morgan fingerprint density at radius 3 is 2.83 bits per heavy atom. The highest BCUT2D eigenvalue weighted by Crippen LogP contribution is 2.30. The average molecular weight is 326 g/mol. The second-order valence-corrected chi connectivity index (χ2v) is 6.46. The number of fused-ring (bicyclic) bond motifs is 1. The van der Waals surface area contributed by atoms with Gasteiger partial charge in [-0.15, -0.1) is 0 Å². The van der Waals surface area contributed by atoms with Crippen LogP contribution in [0.2, 0.25) is 0 Å². The van der Waals surface area contributed by atoms with Crippen molar-refractivity contribution < 1.29 is 4.79 Å². The van der Waals surface area contributed by atoms with Crippen molar-refractivity contribution in [2.75, 3.05) is 13.1 Å². The Bertz CT molecular complexity index is 865. The van der Waals surface area contributed by atoms with E-state index in [0.29, 0.717) is 11.5 Å². The Balaban J connectivity index is 1.49. The summed E-state index contributed by atoms with van der Waals surface area (Å²) in [6.07, 6.45) is 10.3. The quantitative estimate of drug-likeness (QED) is 0.800. The molecule has 7 nitrogen and oxygen atoms in total. The zero-order valence-corrected chi connectivity index (χ0v) is 14.1. The van der Waals surface area contributed by atoms with Gasteiger partial charge in [0.05, 0.1) is 12.4 Å². The lowest BCUT2D eigenvalue weighted by Crippen LogP contribution is -2.38. The smallest absolute Gasteiger partial charge is 0.259 e. The van der Waals surface area contributed by atoms with Gasteiger partial charge >= 0.3 is 0 Å². The maximum atomic E-state index is 12.9. The molecule has 4 rings (SSSR count). The SMILES string of the molecule is CCc1cn[nH]c1C1CCN(C(=O)c2cnn3ccn(C)c23)CC1. The summed E-state index contributed by atoms with van der Waals surface area (Å²) in [5.41, 5.74) is 4.07. The number of H-pyrrole nitrogens is 1. The number of likely N-dealkylation sites (tertiary alicyclic amines) is 1. The summed E-state index contributed by atoms with van der Waals surface area (Å²) < 4.78 is 3.68. The molecule has 0 saturated carbocycles. The zero-order chi connectivity index (χ0) is 16.7. The number of imidazole rings is 1. The van der Waals surface area contributed by atoms with Gasteiger partial charge in [0.15, 0.2) is 0 Å². The van der Waals surface area contributed by atoms with Crippen LogP contribution in [0.1, 0.15) is 47.3 Å². The van der Waals surface area contributed by atoms with Gasteiger partial charge in [-0.2, -0.15) is 10.2 Å². The molecule has 1 amide bonds. The van der Waals surface area contributed by atoms with Crippen LogP contribution < -0.4 is 0 Å². The highest BCUT2D eigenvalue weighted by Gasteiger charge is 2.28. The van der Waals surface area contributed by atoms with E-state index in [1.165, 1.54) is 11.3 Å².